The van der Waals surface area contributed by atoms with Gasteiger partial charge in [0.15, 0.2) is 0 Å². The number of nitrogens with zero attached hydrogens (tertiary/aromatic N) is 1. The molecule has 0 aliphatic rings. The van der Waals surface area contributed by atoms with Crippen molar-refractivity contribution < 1.29 is 19.0 Å². The summed E-state index contributed by atoms with van der Waals surface area (Å²) in [5.41, 5.74) is 2.40. The summed E-state index contributed by atoms with van der Waals surface area (Å²) >= 11 is 0. The summed E-state index contributed by atoms with van der Waals surface area (Å²) in [6.07, 6.45) is 3.51. The summed E-state index contributed by atoms with van der Waals surface area (Å²) in [6.45, 7) is 2.38. The predicted molar refractivity (Wildman–Crippen MR) is 110 cm³/mol. The zero-order chi connectivity index (χ0) is 20.6. The number of amides is 1. The van der Waals surface area contributed by atoms with Crippen LogP contribution in [0.1, 0.15) is 34.5 Å². The molecule has 1 aromatic heterocycles. The van der Waals surface area contributed by atoms with Crippen molar-refractivity contribution in [2.45, 2.75) is 19.6 Å². The number of hydrogen-bond donors (Lipinski definition) is 1. The Hall–Kier alpha value is -3.54. The van der Waals surface area contributed by atoms with Crippen LogP contribution in [0.5, 0.6) is 17.2 Å². The maximum absolute atomic E-state index is 12.7. The molecule has 3 rings (SSSR count). The molecule has 0 fully saturated rings. The summed E-state index contributed by atoms with van der Waals surface area (Å²) in [5, 5.41) is 2.99. The molecule has 29 heavy (non-hydrogen) atoms. The van der Waals surface area contributed by atoms with Gasteiger partial charge in [0.05, 0.1) is 25.8 Å². The fraction of sp³-hybridized carbons (Fsp3) is 0.217. The largest absolute Gasteiger partial charge is 0.497 e. The highest BCUT2D eigenvalue weighted by atomic mass is 16.5. The molecule has 0 saturated heterocycles. The van der Waals surface area contributed by atoms with Gasteiger partial charge in [0, 0.05) is 18.0 Å². The van der Waals surface area contributed by atoms with Crippen LogP contribution >= 0.6 is 0 Å². The van der Waals surface area contributed by atoms with Crippen LogP contribution < -0.4 is 19.5 Å². The van der Waals surface area contributed by atoms with Crippen molar-refractivity contribution >= 4 is 5.91 Å². The molecule has 0 radical (unpaired) electrons. The van der Waals surface area contributed by atoms with Gasteiger partial charge in [-0.1, -0.05) is 18.2 Å². The second kappa shape index (κ2) is 9.59. The quantitative estimate of drug-likeness (QED) is 0.623. The van der Waals surface area contributed by atoms with Gasteiger partial charge in [-0.3, -0.25) is 9.78 Å². The number of pyridine rings is 1. The van der Waals surface area contributed by atoms with Crippen molar-refractivity contribution in [2.75, 3.05) is 14.2 Å². The van der Waals surface area contributed by atoms with E-state index in [-0.39, 0.29) is 11.9 Å². The first-order valence-electron chi connectivity index (χ1n) is 9.25. The SMILES string of the molecule is COc1ccc(OC)c(C(=O)NC(C)c2ccc(OCc3cccnc3)cc2)c1. The lowest BCUT2D eigenvalue weighted by Gasteiger charge is -2.17. The minimum absolute atomic E-state index is 0.189. The zero-order valence-electron chi connectivity index (χ0n) is 16.7. The predicted octanol–water partition coefficient (Wildman–Crippen LogP) is 4.17. The maximum atomic E-state index is 12.7. The summed E-state index contributed by atoms with van der Waals surface area (Å²) in [7, 11) is 3.09. The second-order valence-electron chi connectivity index (χ2n) is 6.48. The Morgan fingerprint density at radius 2 is 1.79 bits per heavy atom. The van der Waals surface area contributed by atoms with Gasteiger partial charge in [-0.25, -0.2) is 0 Å². The normalized spacial score (nSPS) is 11.4. The zero-order valence-corrected chi connectivity index (χ0v) is 16.7. The molecule has 1 unspecified atom stereocenters. The third-order valence-electron chi connectivity index (χ3n) is 4.51. The van der Waals surface area contributed by atoms with E-state index in [0.29, 0.717) is 23.7 Å². The maximum Gasteiger partial charge on any atom is 0.255 e. The van der Waals surface area contributed by atoms with E-state index in [1.54, 1.807) is 37.7 Å². The molecular formula is C23H24N2O4. The van der Waals surface area contributed by atoms with Crippen molar-refractivity contribution in [1.82, 2.24) is 10.3 Å². The van der Waals surface area contributed by atoms with E-state index < -0.39 is 0 Å². The summed E-state index contributed by atoms with van der Waals surface area (Å²) in [5.74, 6) is 1.61. The van der Waals surface area contributed by atoms with Crippen molar-refractivity contribution in [1.29, 1.82) is 0 Å². The van der Waals surface area contributed by atoms with Crippen LogP contribution in [-0.4, -0.2) is 25.1 Å². The molecule has 0 bridgehead atoms. The Labute approximate surface area is 170 Å². The molecule has 3 aromatic rings. The molecule has 150 valence electrons. The topological polar surface area (TPSA) is 69.7 Å². The lowest BCUT2D eigenvalue weighted by Crippen LogP contribution is -2.27. The summed E-state index contributed by atoms with van der Waals surface area (Å²) < 4.78 is 16.3. The Kier molecular flexibility index (Phi) is 6.68. The minimum Gasteiger partial charge on any atom is -0.497 e. The molecule has 6 heteroatoms. The highest BCUT2D eigenvalue weighted by molar-refractivity contribution is 5.97. The van der Waals surface area contributed by atoms with Crippen LogP contribution in [0.4, 0.5) is 0 Å². The second-order valence-corrected chi connectivity index (χ2v) is 6.48. The van der Waals surface area contributed by atoms with E-state index in [1.807, 2.05) is 43.3 Å². The van der Waals surface area contributed by atoms with E-state index in [4.69, 9.17) is 14.2 Å². The average Bonchev–Trinajstić information content (AvgIpc) is 2.78. The first-order chi connectivity index (χ1) is 14.1. The fourth-order valence-corrected chi connectivity index (χ4v) is 2.85. The highest BCUT2D eigenvalue weighted by Gasteiger charge is 2.16. The van der Waals surface area contributed by atoms with Gasteiger partial charge in [0.1, 0.15) is 23.9 Å². The van der Waals surface area contributed by atoms with E-state index in [1.165, 1.54) is 7.11 Å². The number of hydrogen-bond acceptors (Lipinski definition) is 5. The van der Waals surface area contributed by atoms with E-state index in [0.717, 1.165) is 16.9 Å². The number of ether oxygens (including phenoxy) is 3. The first kappa shape index (κ1) is 20.2. The van der Waals surface area contributed by atoms with E-state index >= 15 is 0 Å². The number of rotatable bonds is 8. The van der Waals surface area contributed by atoms with Crippen LogP contribution in [0, 0.1) is 0 Å². The van der Waals surface area contributed by atoms with Crippen molar-refractivity contribution in [2.24, 2.45) is 0 Å². The fourth-order valence-electron chi connectivity index (χ4n) is 2.85. The highest BCUT2D eigenvalue weighted by Crippen LogP contribution is 2.25. The molecule has 6 nitrogen and oxygen atoms in total. The smallest absolute Gasteiger partial charge is 0.255 e. The Morgan fingerprint density at radius 3 is 2.45 bits per heavy atom. The third-order valence-corrected chi connectivity index (χ3v) is 4.51. The number of carbonyl (C=O) groups is 1. The number of aromatic nitrogens is 1. The molecule has 1 heterocycles. The monoisotopic (exact) mass is 392 g/mol. The minimum atomic E-state index is -0.231. The molecule has 0 saturated carbocycles. The van der Waals surface area contributed by atoms with Crippen LogP contribution in [0.25, 0.3) is 0 Å². The molecule has 1 atom stereocenters. The van der Waals surface area contributed by atoms with Crippen LogP contribution in [-0.2, 0) is 6.61 Å². The van der Waals surface area contributed by atoms with Gasteiger partial charge < -0.3 is 19.5 Å². The molecule has 2 aromatic carbocycles. The van der Waals surface area contributed by atoms with Gasteiger partial charge >= 0.3 is 0 Å². The molecule has 1 amide bonds. The third kappa shape index (κ3) is 5.25. The number of carbonyl (C=O) groups excluding carboxylic acids is 1. The number of methoxy groups -OCH3 is 2. The molecule has 0 spiro atoms. The van der Waals surface area contributed by atoms with Crippen LogP contribution in [0.3, 0.4) is 0 Å². The van der Waals surface area contributed by atoms with Crippen LogP contribution in [0.15, 0.2) is 67.0 Å². The van der Waals surface area contributed by atoms with Crippen molar-refractivity contribution in [3.05, 3.63) is 83.7 Å². The molecule has 0 aliphatic heterocycles. The Bertz CT molecular complexity index is 943. The molecule has 1 N–H and O–H groups in total. The van der Waals surface area contributed by atoms with Gasteiger partial charge in [-0.2, -0.15) is 0 Å². The Balaban J connectivity index is 1.63. The number of nitrogens with one attached hydrogen (secondary N) is 1. The Morgan fingerprint density at radius 1 is 1.03 bits per heavy atom. The lowest BCUT2D eigenvalue weighted by atomic mass is 10.1. The standard InChI is InChI=1S/C23H24N2O4/c1-16(25-23(26)21-13-20(27-2)10-11-22(21)28-3)18-6-8-19(9-7-18)29-15-17-5-4-12-24-14-17/h4-14,16H,15H2,1-3H3,(H,25,26). The molecule has 0 aliphatic carbocycles. The van der Waals surface area contributed by atoms with Gasteiger partial charge in [0.25, 0.3) is 5.91 Å². The summed E-state index contributed by atoms with van der Waals surface area (Å²) in [4.78, 5) is 16.8. The van der Waals surface area contributed by atoms with Crippen molar-refractivity contribution in [3.8, 4) is 17.2 Å². The first-order valence-corrected chi connectivity index (χ1v) is 9.25. The van der Waals surface area contributed by atoms with Gasteiger partial charge in [-0.15, -0.1) is 0 Å². The number of benzene rings is 2. The lowest BCUT2D eigenvalue weighted by molar-refractivity contribution is 0.0936. The molecular weight excluding hydrogens is 368 g/mol. The summed E-state index contributed by atoms with van der Waals surface area (Å²) in [6, 6.07) is 16.4. The van der Waals surface area contributed by atoms with E-state index in [2.05, 4.69) is 10.3 Å². The average molecular weight is 392 g/mol. The van der Waals surface area contributed by atoms with Crippen LogP contribution in [0.2, 0.25) is 0 Å². The van der Waals surface area contributed by atoms with E-state index in [9.17, 15) is 4.79 Å². The van der Waals surface area contributed by atoms with Gasteiger partial charge in [-0.05, 0) is 48.9 Å². The van der Waals surface area contributed by atoms with Crippen molar-refractivity contribution in [3.63, 3.8) is 0 Å². The van der Waals surface area contributed by atoms with Gasteiger partial charge in [0.2, 0.25) is 0 Å².